The first-order chi connectivity index (χ1) is 9.29. The van der Waals surface area contributed by atoms with Gasteiger partial charge in [0.1, 0.15) is 11.6 Å². The number of ether oxygens (including phenoxy) is 1. The number of rotatable bonds is 6. The quantitative estimate of drug-likeness (QED) is 0.805. The lowest BCUT2D eigenvalue weighted by atomic mass is 10.1. The zero-order valence-corrected chi connectivity index (χ0v) is 12.0. The Morgan fingerprint density at radius 2 is 2.16 bits per heavy atom. The maximum absolute atomic E-state index is 12.8. The zero-order chi connectivity index (χ0) is 13.5. The Labute approximate surface area is 118 Å². The topological polar surface area (TPSA) is 21.3 Å². The van der Waals surface area contributed by atoms with Crippen LogP contribution in [0.25, 0.3) is 0 Å². The molecule has 1 unspecified atom stereocenters. The van der Waals surface area contributed by atoms with Crippen LogP contribution in [0.3, 0.4) is 0 Å². The molecule has 0 radical (unpaired) electrons. The third-order valence-corrected chi connectivity index (χ3v) is 4.09. The van der Waals surface area contributed by atoms with Crippen molar-refractivity contribution < 1.29 is 9.13 Å². The van der Waals surface area contributed by atoms with Crippen molar-refractivity contribution in [3.63, 3.8) is 0 Å². The molecule has 0 saturated heterocycles. The van der Waals surface area contributed by atoms with E-state index < -0.39 is 0 Å². The van der Waals surface area contributed by atoms with Gasteiger partial charge in [-0.2, -0.15) is 0 Å². The fourth-order valence-corrected chi connectivity index (χ4v) is 2.99. The molecule has 1 atom stereocenters. The van der Waals surface area contributed by atoms with Crippen LogP contribution in [0.5, 0.6) is 0 Å². The van der Waals surface area contributed by atoms with Gasteiger partial charge in [-0.05, 0) is 49.7 Å². The minimum Gasteiger partial charge on any atom is -0.497 e. The number of halogens is 1. The predicted octanol–water partition coefficient (Wildman–Crippen LogP) is 3.59. The molecular weight excluding hydrogens is 261 g/mol. The summed E-state index contributed by atoms with van der Waals surface area (Å²) in [5, 5.41) is 3.45. The highest BCUT2D eigenvalue weighted by Crippen LogP contribution is 2.23. The molecule has 0 bridgehead atoms. The summed E-state index contributed by atoms with van der Waals surface area (Å²) in [6.45, 7) is 3.82. The number of benzene rings is 1. The minimum absolute atomic E-state index is 0.189. The molecule has 1 aromatic carbocycles. The van der Waals surface area contributed by atoms with Crippen LogP contribution >= 0.6 is 11.8 Å². The van der Waals surface area contributed by atoms with Crippen molar-refractivity contribution in [3.8, 4) is 0 Å². The molecule has 0 amide bonds. The van der Waals surface area contributed by atoms with Crippen molar-refractivity contribution in [1.82, 2.24) is 5.32 Å². The van der Waals surface area contributed by atoms with Gasteiger partial charge in [0, 0.05) is 10.6 Å². The second kappa shape index (κ2) is 7.56. The molecule has 1 aliphatic heterocycles. The van der Waals surface area contributed by atoms with E-state index in [2.05, 4.69) is 18.3 Å². The monoisotopic (exact) mass is 281 g/mol. The van der Waals surface area contributed by atoms with Crippen molar-refractivity contribution in [2.75, 3.05) is 18.9 Å². The normalized spacial score (nSPS) is 16.6. The van der Waals surface area contributed by atoms with E-state index in [0.717, 1.165) is 42.4 Å². The fraction of sp³-hybridized carbons (Fsp3) is 0.467. The Bertz CT molecular complexity index is 419. The van der Waals surface area contributed by atoms with Gasteiger partial charge in [0.2, 0.25) is 0 Å². The molecule has 1 N–H and O–H groups in total. The molecule has 1 heterocycles. The molecule has 0 aliphatic carbocycles. The van der Waals surface area contributed by atoms with Crippen LogP contribution in [0.2, 0.25) is 0 Å². The average molecular weight is 281 g/mol. The molecule has 0 aromatic heterocycles. The Kier molecular flexibility index (Phi) is 5.73. The fourth-order valence-electron chi connectivity index (χ4n) is 2.02. The van der Waals surface area contributed by atoms with Crippen LogP contribution in [0.15, 0.2) is 41.0 Å². The maximum Gasteiger partial charge on any atom is 0.123 e. The summed E-state index contributed by atoms with van der Waals surface area (Å²) in [4.78, 5) is 1.08. The van der Waals surface area contributed by atoms with Gasteiger partial charge >= 0.3 is 0 Å². The van der Waals surface area contributed by atoms with E-state index in [9.17, 15) is 4.39 Å². The summed E-state index contributed by atoms with van der Waals surface area (Å²) in [6.07, 6.45) is 4.38. The van der Waals surface area contributed by atoms with Gasteiger partial charge in [-0.25, -0.2) is 4.39 Å². The van der Waals surface area contributed by atoms with Crippen molar-refractivity contribution in [2.24, 2.45) is 0 Å². The van der Waals surface area contributed by atoms with Crippen molar-refractivity contribution >= 4 is 11.8 Å². The highest BCUT2D eigenvalue weighted by Gasteiger charge is 2.17. The SMILES string of the molecule is CCNC(CSc1ccc(F)cc1)C1=CCCCO1. The van der Waals surface area contributed by atoms with Gasteiger partial charge in [0.25, 0.3) is 0 Å². The van der Waals surface area contributed by atoms with Gasteiger partial charge in [-0.3, -0.25) is 0 Å². The highest BCUT2D eigenvalue weighted by molar-refractivity contribution is 7.99. The van der Waals surface area contributed by atoms with Crippen LogP contribution in [-0.2, 0) is 4.74 Å². The molecule has 2 rings (SSSR count). The molecule has 1 aliphatic rings. The number of hydrogen-bond donors (Lipinski definition) is 1. The Morgan fingerprint density at radius 1 is 1.37 bits per heavy atom. The summed E-state index contributed by atoms with van der Waals surface area (Å²) in [7, 11) is 0. The van der Waals surface area contributed by atoms with E-state index in [1.807, 2.05) is 12.1 Å². The number of thioether (sulfide) groups is 1. The molecule has 2 nitrogen and oxygen atoms in total. The Balaban J connectivity index is 1.92. The summed E-state index contributed by atoms with van der Waals surface area (Å²) in [5.74, 6) is 1.76. The summed E-state index contributed by atoms with van der Waals surface area (Å²) >= 11 is 1.72. The first kappa shape index (κ1) is 14.4. The highest BCUT2D eigenvalue weighted by atomic mass is 32.2. The molecule has 104 valence electrons. The van der Waals surface area contributed by atoms with E-state index in [4.69, 9.17) is 4.74 Å². The van der Waals surface area contributed by atoms with Crippen molar-refractivity contribution in [1.29, 1.82) is 0 Å². The van der Waals surface area contributed by atoms with Crippen LogP contribution in [0.1, 0.15) is 19.8 Å². The molecule has 0 fully saturated rings. The number of likely N-dealkylation sites (N-methyl/N-ethyl adjacent to an activating group) is 1. The van der Waals surface area contributed by atoms with Crippen molar-refractivity contribution in [2.45, 2.75) is 30.7 Å². The number of nitrogens with one attached hydrogen (secondary N) is 1. The van der Waals surface area contributed by atoms with Crippen LogP contribution in [0, 0.1) is 5.82 Å². The Hall–Kier alpha value is -1.00. The zero-order valence-electron chi connectivity index (χ0n) is 11.2. The lowest BCUT2D eigenvalue weighted by Crippen LogP contribution is -2.34. The van der Waals surface area contributed by atoms with Crippen molar-refractivity contribution in [3.05, 3.63) is 41.9 Å². The van der Waals surface area contributed by atoms with Gasteiger partial charge in [-0.1, -0.05) is 6.92 Å². The molecule has 19 heavy (non-hydrogen) atoms. The van der Waals surface area contributed by atoms with E-state index in [1.165, 1.54) is 12.1 Å². The van der Waals surface area contributed by atoms with Crippen LogP contribution in [-0.4, -0.2) is 24.9 Å². The first-order valence-corrected chi connectivity index (χ1v) is 7.72. The maximum atomic E-state index is 12.8. The molecular formula is C15H20FNOS. The van der Waals surface area contributed by atoms with Gasteiger partial charge in [-0.15, -0.1) is 11.8 Å². The standard InChI is InChI=1S/C15H20FNOS/c1-2-17-14(15-5-3-4-10-18-15)11-19-13-8-6-12(16)7-9-13/h5-9,14,17H,2-4,10-11H2,1H3. The van der Waals surface area contributed by atoms with E-state index >= 15 is 0 Å². The molecule has 0 saturated carbocycles. The summed E-state index contributed by atoms with van der Waals surface area (Å²) in [6, 6.07) is 6.88. The Morgan fingerprint density at radius 3 is 2.79 bits per heavy atom. The molecule has 4 heteroatoms. The molecule has 1 aromatic rings. The third-order valence-electron chi connectivity index (χ3n) is 2.99. The lowest BCUT2D eigenvalue weighted by Gasteiger charge is -2.24. The van der Waals surface area contributed by atoms with E-state index in [-0.39, 0.29) is 11.9 Å². The number of hydrogen-bond acceptors (Lipinski definition) is 3. The van der Waals surface area contributed by atoms with Crippen LogP contribution in [0.4, 0.5) is 4.39 Å². The van der Waals surface area contributed by atoms with Gasteiger partial charge < -0.3 is 10.1 Å². The second-order valence-electron chi connectivity index (χ2n) is 4.47. The number of allylic oxidation sites excluding steroid dienone is 1. The van der Waals surface area contributed by atoms with Crippen LogP contribution < -0.4 is 5.32 Å². The van der Waals surface area contributed by atoms with E-state index in [0.29, 0.717) is 0 Å². The summed E-state index contributed by atoms with van der Waals surface area (Å²) < 4.78 is 18.6. The first-order valence-electron chi connectivity index (χ1n) is 6.74. The third kappa shape index (κ3) is 4.55. The van der Waals surface area contributed by atoms with Gasteiger partial charge in [0.15, 0.2) is 0 Å². The minimum atomic E-state index is -0.189. The largest absolute Gasteiger partial charge is 0.497 e. The average Bonchev–Trinajstić information content (AvgIpc) is 2.46. The summed E-state index contributed by atoms with van der Waals surface area (Å²) in [5.41, 5.74) is 0. The smallest absolute Gasteiger partial charge is 0.123 e. The molecule has 0 spiro atoms. The second-order valence-corrected chi connectivity index (χ2v) is 5.57. The van der Waals surface area contributed by atoms with Gasteiger partial charge in [0.05, 0.1) is 12.6 Å². The predicted molar refractivity (Wildman–Crippen MR) is 77.9 cm³/mol. The van der Waals surface area contributed by atoms with E-state index in [1.54, 1.807) is 11.8 Å². The lowest BCUT2D eigenvalue weighted by molar-refractivity contribution is 0.172.